The van der Waals surface area contributed by atoms with E-state index in [0.717, 1.165) is 37.9 Å². The number of carbonyl (C=O) groups excluding carboxylic acids is 4. The van der Waals surface area contributed by atoms with E-state index in [0.29, 0.717) is 24.3 Å². The molecule has 270 valence electrons. The van der Waals surface area contributed by atoms with Crippen molar-refractivity contribution in [3.63, 3.8) is 0 Å². The minimum absolute atomic E-state index is 0. The average Bonchev–Trinajstić information content (AvgIpc) is 3.77. The molecule has 0 aliphatic carbocycles. The fraction of sp³-hybridized carbons (Fsp3) is 0.143. The molecule has 2 aliphatic rings. The van der Waals surface area contributed by atoms with Crippen LogP contribution in [0.4, 0.5) is 0 Å². The molecule has 14 N–H and O–H groups in total. The Labute approximate surface area is 298 Å². The second-order valence-electron chi connectivity index (χ2n) is 9.05. The van der Waals surface area contributed by atoms with Crippen molar-refractivity contribution in [3.05, 3.63) is 93.6 Å². The minimum Gasteiger partial charge on any atom is -0.543 e. The zero-order valence-corrected chi connectivity index (χ0v) is 29.0. The van der Waals surface area contributed by atoms with Gasteiger partial charge in [-0.2, -0.15) is 0 Å². The molecular weight excluding hydrogens is 742 g/mol. The van der Waals surface area contributed by atoms with Crippen LogP contribution in [0, 0.1) is 0 Å². The molecule has 51 heavy (non-hydrogen) atoms. The Morgan fingerprint density at radius 3 is 0.980 bits per heavy atom. The van der Waals surface area contributed by atoms with Gasteiger partial charge in [-0.25, -0.2) is 19.6 Å². The molecule has 1 aromatic carbocycles. The SMILES string of the molecule is O.O.O.O.O=C(O)c1cc(C(=O)[O-])nc(C(=O)[O-])c1.O=C(O)c1cc(C(=O)[O-])nc(C(=O)[O-])c1.[Zn+2].c1cc(C2=[NH+]CCN2)ccc1C1=[NH+]CCN1. The first kappa shape index (κ1) is 49.1. The van der Waals surface area contributed by atoms with Gasteiger partial charge >= 0.3 is 31.4 Å². The summed E-state index contributed by atoms with van der Waals surface area (Å²) in [6.45, 7) is 4.05. The van der Waals surface area contributed by atoms with Crippen molar-refractivity contribution < 1.29 is 111 Å². The molecule has 0 amide bonds. The number of carbonyl (C=O) groups is 6. The Bertz CT molecular complexity index is 1500. The summed E-state index contributed by atoms with van der Waals surface area (Å²) in [6, 6.07) is 11.4. The summed E-state index contributed by atoms with van der Waals surface area (Å²) < 4.78 is 0. The van der Waals surface area contributed by atoms with Gasteiger partial charge in [-0.05, 0) is 48.5 Å². The van der Waals surface area contributed by atoms with Crippen molar-refractivity contribution in [1.29, 1.82) is 0 Å². The molecule has 22 nitrogen and oxygen atoms in total. The monoisotopic (exact) mass is 770 g/mol. The first-order chi connectivity index (χ1) is 21.8. The van der Waals surface area contributed by atoms with E-state index < -0.39 is 69.7 Å². The third kappa shape index (κ3) is 14.0. The number of carboxylic acids is 6. The summed E-state index contributed by atoms with van der Waals surface area (Å²) in [4.78, 5) is 75.4. The molecule has 2 aromatic heterocycles. The van der Waals surface area contributed by atoms with Crippen LogP contribution in [0.15, 0.2) is 48.5 Å². The summed E-state index contributed by atoms with van der Waals surface area (Å²) in [7, 11) is 0. The maximum atomic E-state index is 10.5. The maximum Gasteiger partial charge on any atom is 2.00 e. The van der Waals surface area contributed by atoms with Crippen molar-refractivity contribution in [1.82, 2.24) is 20.6 Å². The summed E-state index contributed by atoms with van der Waals surface area (Å²) in [5, 5.41) is 65.2. The van der Waals surface area contributed by atoms with E-state index in [9.17, 15) is 49.2 Å². The van der Waals surface area contributed by atoms with Crippen LogP contribution in [0.1, 0.15) is 73.8 Å². The van der Waals surface area contributed by atoms with Crippen LogP contribution in [-0.4, -0.2) is 116 Å². The Balaban J connectivity index is -0.000000647. The number of nitrogens with one attached hydrogen (secondary N) is 4. The fourth-order valence-electron chi connectivity index (χ4n) is 3.81. The Hall–Kier alpha value is -6.26. The largest absolute Gasteiger partial charge is 2.00 e. The van der Waals surface area contributed by atoms with Gasteiger partial charge in [0.2, 0.25) is 0 Å². The quantitative estimate of drug-likeness (QED) is 0.116. The number of aromatic nitrogens is 2. The van der Waals surface area contributed by atoms with E-state index in [4.69, 9.17) is 10.2 Å². The van der Waals surface area contributed by atoms with Gasteiger partial charge in [-0.3, -0.25) is 20.6 Å². The molecule has 0 spiro atoms. The first-order valence-electron chi connectivity index (χ1n) is 12.9. The van der Waals surface area contributed by atoms with Crippen LogP contribution in [0.5, 0.6) is 0 Å². The van der Waals surface area contributed by atoms with Crippen molar-refractivity contribution in [2.45, 2.75) is 0 Å². The molecule has 0 saturated heterocycles. The maximum absolute atomic E-state index is 10.5. The Morgan fingerprint density at radius 2 is 0.804 bits per heavy atom. The Morgan fingerprint density at radius 1 is 0.549 bits per heavy atom. The van der Waals surface area contributed by atoms with Crippen LogP contribution in [0.3, 0.4) is 0 Å². The van der Waals surface area contributed by atoms with Crippen LogP contribution in [0.2, 0.25) is 0 Å². The average molecular weight is 772 g/mol. The zero-order valence-electron chi connectivity index (χ0n) is 26.0. The van der Waals surface area contributed by atoms with Gasteiger partial charge in [0.05, 0.1) is 68.9 Å². The van der Waals surface area contributed by atoms with E-state index in [-0.39, 0.29) is 41.4 Å². The molecule has 2 aliphatic heterocycles. The number of carboxylic acid groups (broad SMARTS) is 6. The van der Waals surface area contributed by atoms with Crippen molar-refractivity contribution >= 4 is 47.5 Å². The molecular formula is C28H30N6O16Zn. The van der Waals surface area contributed by atoms with Gasteiger partial charge in [0, 0.05) is 0 Å². The Kier molecular flexibility index (Phi) is 21.6. The van der Waals surface area contributed by atoms with Gasteiger partial charge in [-0.1, -0.05) is 0 Å². The van der Waals surface area contributed by atoms with Crippen molar-refractivity contribution in [2.75, 3.05) is 26.2 Å². The number of rotatable bonds is 8. The van der Waals surface area contributed by atoms with E-state index in [1.165, 1.54) is 11.1 Å². The first-order valence-corrected chi connectivity index (χ1v) is 12.9. The number of pyridine rings is 2. The molecule has 23 heteroatoms. The molecule has 5 rings (SSSR count). The standard InChI is InChI=1S/C12H14N4.2C8H5NO6.4H2O.Zn/c1-2-10(12-15-7-8-16-12)4-3-9(1)11-13-5-6-14-11;2*10-6(11)3-1-4(7(12)13)9-5(2-3)8(14)15;;;;;/h1-4H,5-8H2,(H,13,14)(H,15,16);2*1-2H,(H,10,11)(H,12,13)(H,14,15);4*1H2;/q;;;;;;;+2/p-2. The van der Waals surface area contributed by atoms with Crippen molar-refractivity contribution in [3.8, 4) is 0 Å². The summed E-state index contributed by atoms with van der Waals surface area (Å²) in [6.07, 6.45) is 0. The van der Waals surface area contributed by atoms with Gasteiger partial charge < -0.3 is 71.7 Å². The third-order valence-electron chi connectivity index (χ3n) is 5.90. The fourth-order valence-corrected chi connectivity index (χ4v) is 3.81. The molecule has 0 fully saturated rings. The molecule has 0 saturated carbocycles. The van der Waals surface area contributed by atoms with E-state index in [1.807, 2.05) is 0 Å². The van der Waals surface area contributed by atoms with Crippen molar-refractivity contribution in [2.24, 2.45) is 0 Å². The number of hydrogen-bond acceptors (Lipinski definition) is 14. The van der Waals surface area contributed by atoms with E-state index in [2.05, 4.69) is 54.9 Å². The van der Waals surface area contributed by atoms with Gasteiger partial charge in [-0.15, -0.1) is 0 Å². The van der Waals surface area contributed by atoms with Gasteiger partial charge in [0.15, 0.2) is 0 Å². The topological polar surface area (TPSA) is 439 Å². The van der Waals surface area contributed by atoms with Crippen LogP contribution < -0.4 is 41.0 Å². The summed E-state index contributed by atoms with van der Waals surface area (Å²) in [5.74, 6) is -7.71. The minimum atomic E-state index is -1.76. The molecule has 0 bridgehead atoms. The number of benzene rings is 1. The number of aromatic carboxylic acids is 6. The summed E-state index contributed by atoms with van der Waals surface area (Å²) >= 11 is 0. The molecule has 0 radical (unpaired) electrons. The second-order valence-corrected chi connectivity index (χ2v) is 9.05. The normalized spacial score (nSPS) is 11.5. The van der Waals surface area contributed by atoms with Crippen LogP contribution in [-0.2, 0) is 19.5 Å². The predicted molar refractivity (Wildman–Crippen MR) is 156 cm³/mol. The number of hydrogen-bond donors (Lipinski definition) is 6. The molecule has 4 heterocycles. The third-order valence-corrected chi connectivity index (χ3v) is 5.90. The van der Waals surface area contributed by atoms with E-state index >= 15 is 0 Å². The second kappa shape index (κ2) is 22.4. The van der Waals surface area contributed by atoms with E-state index in [1.54, 1.807) is 0 Å². The van der Waals surface area contributed by atoms with Crippen LogP contribution >= 0.6 is 0 Å². The molecule has 3 aromatic rings. The number of nitrogens with zero attached hydrogens (tertiary/aromatic N) is 2. The zero-order chi connectivity index (χ0) is 34.0. The molecule has 0 atom stereocenters. The van der Waals surface area contributed by atoms with Crippen LogP contribution in [0.25, 0.3) is 0 Å². The predicted octanol–water partition coefficient (Wildman–Crippen LogP) is -11.7. The number of amidine groups is 2. The molecule has 0 unspecified atom stereocenters. The van der Waals surface area contributed by atoms with Gasteiger partial charge in [0.1, 0.15) is 26.2 Å². The van der Waals surface area contributed by atoms with Gasteiger partial charge in [0.25, 0.3) is 11.7 Å². The smallest absolute Gasteiger partial charge is 0.543 e. The summed E-state index contributed by atoms with van der Waals surface area (Å²) in [5.41, 5.74) is -1.65.